The molecule has 5 heteroatoms. The van der Waals surface area contributed by atoms with Crippen molar-refractivity contribution in [1.29, 1.82) is 0 Å². The predicted molar refractivity (Wildman–Crippen MR) is 275 cm³/mol. The van der Waals surface area contributed by atoms with E-state index in [2.05, 4.69) is 212 Å². The second kappa shape index (κ2) is 12.7. The molecular weight excluding hydrogens is 791 g/mol. The summed E-state index contributed by atoms with van der Waals surface area (Å²) in [5, 5.41) is 17.2. The van der Waals surface area contributed by atoms with Crippen LogP contribution in [0, 0.1) is 13.8 Å². The SMILES string of the molecule is Cc1ccc2oc3c(c2c1)B1c2c(cccc2N(c2ccc4c5ccccc5c5ccccc5c4c2)c2oc4ccc(C)cc4c21)N3c1ccc2c3ccccc3c3ccccc3c2c1. The number of fused-ring (bicyclic) bond motifs is 20. The summed E-state index contributed by atoms with van der Waals surface area (Å²) in [6.07, 6.45) is 0. The highest BCUT2D eigenvalue weighted by Crippen LogP contribution is 2.49. The highest BCUT2D eigenvalue weighted by Gasteiger charge is 2.48. The van der Waals surface area contributed by atoms with Crippen LogP contribution in [0.25, 0.3) is 86.6 Å². The zero-order valence-electron chi connectivity index (χ0n) is 35.7. The first-order chi connectivity index (χ1) is 32.1. The summed E-state index contributed by atoms with van der Waals surface area (Å²) in [4.78, 5) is 4.78. The molecule has 2 aliphatic heterocycles. The molecule has 2 aliphatic rings. The fourth-order valence-electron chi connectivity index (χ4n) is 11.8. The minimum Gasteiger partial charge on any atom is -0.440 e. The van der Waals surface area contributed by atoms with E-state index in [9.17, 15) is 0 Å². The van der Waals surface area contributed by atoms with Gasteiger partial charge in [0.05, 0.1) is 0 Å². The van der Waals surface area contributed by atoms with E-state index in [1.807, 2.05) is 0 Å². The molecule has 4 nitrogen and oxygen atoms in total. The third kappa shape index (κ3) is 4.66. The molecule has 0 spiro atoms. The van der Waals surface area contributed by atoms with Crippen LogP contribution >= 0.6 is 0 Å². The fourth-order valence-corrected chi connectivity index (χ4v) is 11.8. The summed E-state index contributed by atoms with van der Waals surface area (Å²) in [5.41, 5.74) is 12.0. The topological polar surface area (TPSA) is 32.8 Å². The van der Waals surface area contributed by atoms with Crippen LogP contribution in [0.15, 0.2) is 197 Å². The lowest BCUT2D eigenvalue weighted by molar-refractivity contribution is 0.621. The molecule has 13 aromatic rings. The van der Waals surface area contributed by atoms with Gasteiger partial charge in [0, 0.05) is 44.4 Å². The molecule has 0 bridgehead atoms. The molecular formula is C60H37BN2O2. The lowest BCUT2D eigenvalue weighted by atomic mass is 9.33. The smallest absolute Gasteiger partial charge is 0.262 e. The first-order valence-corrected chi connectivity index (χ1v) is 22.5. The molecule has 15 rings (SSSR count). The van der Waals surface area contributed by atoms with E-state index in [0.29, 0.717) is 0 Å². The Morgan fingerprint density at radius 2 is 0.662 bits per heavy atom. The Morgan fingerprint density at radius 1 is 0.308 bits per heavy atom. The maximum atomic E-state index is 7.18. The van der Waals surface area contributed by atoms with E-state index in [4.69, 9.17) is 8.83 Å². The minimum atomic E-state index is -0.166. The van der Waals surface area contributed by atoms with E-state index in [1.54, 1.807) is 0 Å². The summed E-state index contributed by atoms with van der Waals surface area (Å²) in [7, 11) is 0. The van der Waals surface area contributed by atoms with Gasteiger partial charge in [-0.15, -0.1) is 0 Å². The van der Waals surface area contributed by atoms with Crippen LogP contribution in [0.1, 0.15) is 11.1 Å². The van der Waals surface area contributed by atoms with Crippen LogP contribution in [-0.2, 0) is 0 Å². The third-order valence-electron chi connectivity index (χ3n) is 14.5. The summed E-state index contributed by atoms with van der Waals surface area (Å²) in [5.74, 6) is 1.69. The summed E-state index contributed by atoms with van der Waals surface area (Å²) in [6.45, 7) is 4.18. The molecule has 0 saturated heterocycles. The van der Waals surface area contributed by atoms with Gasteiger partial charge in [-0.25, -0.2) is 0 Å². The number of hydrogen-bond donors (Lipinski definition) is 0. The zero-order chi connectivity index (χ0) is 42.7. The monoisotopic (exact) mass is 828 g/mol. The molecule has 0 saturated carbocycles. The summed E-state index contributed by atoms with van der Waals surface area (Å²) >= 11 is 0. The molecule has 11 aromatic carbocycles. The number of benzene rings is 11. The first-order valence-electron chi connectivity index (χ1n) is 22.5. The van der Waals surface area contributed by atoms with Crippen LogP contribution in [0.4, 0.5) is 34.5 Å². The van der Waals surface area contributed by atoms with Gasteiger partial charge in [0.15, 0.2) is 0 Å². The van der Waals surface area contributed by atoms with Crippen molar-refractivity contribution < 1.29 is 8.83 Å². The Morgan fingerprint density at radius 3 is 1.05 bits per heavy atom. The van der Waals surface area contributed by atoms with Crippen LogP contribution in [0.2, 0.25) is 0 Å². The van der Waals surface area contributed by atoms with Crippen molar-refractivity contribution in [2.75, 3.05) is 9.80 Å². The molecule has 2 aromatic heterocycles. The number of hydrogen-bond acceptors (Lipinski definition) is 4. The normalized spacial score (nSPS) is 13.3. The molecule has 65 heavy (non-hydrogen) atoms. The van der Waals surface area contributed by atoms with Gasteiger partial charge in [0.25, 0.3) is 6.71 Å². The summed E-state index contributed by atoms with van der Waals surface area (Å²) in [6, 6.07) is 69.2. The highest BCUT2D eigenvalue weighted by atomic mass is 16.4. The molecule has 302 valence electrons. The van der Waals surface area contributed by atoms with Crippen molar-refractivity contribution in [3.8, 4) is 0 Å². The Balaban J connectivity index is 1.05. The molecule has 0 atom stereocenters. The number of anilines is 6. The fraction of sp³-hybridized carbons (Fsp3) is 0.0333. The average molecular weight is 829 g/mol. The Labute approximate surface area is 374 Å². The Hall–Kier alpha value is -8.28. The second-order valence-electron chi connectivity index (χ2n) is 18.1. The van der Waals surface area contributed by atoms with Gasteiger partial charge in [0.2, 0.25) is 11.8 Å². The molecule has 0 radical (unpaired) electrons. The zero-order valence-corrected chi connectivity index (χ0v) is 35.7. The maximum absolute atomic E-state index is 7.18. The van der Waals surface area contributed by atoms with Gasteiger partial charge in [-0.2, -0.15) is 0 Å². The van der Waals surface area contributed by atoms with Gasteiger partial charge in [-0.3, -0.25) is 9.80 Å². The Bertz CT molecular complexity index is 3920. The van der Waals surface area contributed by atoms with E-state index in [-0.39, 0.29) is 6.71 Å². The van der Waals surface area contributed by atoms with Gasteiger partial charge in [-0.1, -0.05) is 139 Å². The first kappa shape index (κ1) is 35.2. The Kier molecular flexibility index (Phi) is 6.87. The van der Waals surface area contributed by atoms with Crippen molar-refractivity contribution in [3.05, 3.63) is 199 Å². The standard InChI is InChI=1S/C60H37BN2O2/c1-34-22-28-54-50(30-34)56-59(64-54)62(36-24-26-46-42-16-5-3-12-38(42)40-14-7-9-18-44(40)48(46)32-36)52-20-11-21-53-58(52)61(56)57-51-31-35(2)23-29-55(51)65-60(57)63(53)37-25-27-47-43-17-6-4-13-39(43)41-15-8-10-19-45(41)49(47)33-37/h3-33H,1-2H3. The molecule has 0 fully saturated rings. The van der Waals surface area contributed by atoms with E-state index >= 15 is 0 Å². The molecule has 0 unspecified atom stereocenters. The van der Waals surface area contributed by atoms with Crippen LogP contribution in [0.3, 0.4) is 0 Å². The number of furan rings is 2. The van der Waals surface area contributed by atoms with Crippen molar-refractivity contribution in [2.24, 2.45) is 0 Å². The largest absolute Gasteiger partial charge is 0.440 e. The maximum Gasteiger partial charge on any atom is 0.262 e. The lowest BCUT2D eigenvalue weighted by Crippen LogP contribution is -2.60. The van der Waals surface area contributed by atoms with Gasteiger partial charge in [0.1, 0.15) is 11.2 Å². The van der Waals surface area contributed by atoms with Crippen LogP contribution < -0.4 is 26.2 Å². The van der Waals surface area contributed by atoms with Crippen LogP contribution in [0.5, 0.6) is 0 Å². The quantitative estimate of drug-likeness (QED) is 0.128. The van der Waals surface area contributed by atoms with Crippen molar-refractivity contribution in [1.82, 2.24) is 0 Å². The van der Waals surface area contributed by atoms with E-state index in [1.165, 1.54) is 81.2 Å². The van der Waals surface area contributed by atoms with E-state index < -0.39 is 0 Å². The molecule has 0 amide bonds. The molecule has 0 aliphatic carbocycles. The van der Waals surface area contributed by atoms with Crippen molar-refractivity contribution >= 4 is 144 Å². The third-order valence-corrected chi connectivity index (χ3v) is 14.5. The van der Waals surface area contributed by atoms with Crippen LogP contribution in [-0.4, -0.2) is 6.71 Å². The highest BCUT2D eigenvalue weighted by molar-refractivity contribution is 7.02. The van der Waals surface area contributed by atoms with Crippen molar-refractivity contribution in [3.63, 3.8) is 0 Å². The van der Waals surface area contributed by atoms with E-state index in [0.717, 1.165) is 67.4 Å². The van der Waals surface area contributed by atoms with Gasteiger partial charge in [-0.05, 0) is 145 Å². The number of rotatable bonds is 2. The van der Waals surface area contributed by atoms with Crippen molar-refractivity contribution in [2.45, 2.75) is 13.8 Å². The number of nitrogens with zero attached hydrogens (tertiary/aromatic N) is 2. The molecule has 4 heterocycles. The van der Waals surface area contributed by atoms with Gasteiger partial charge >= 0.3 is 0 Å². The van der Waals surface area contributed by atoms with Gasteiger partial charge < -0.3 is 8.83 Å². The lowest BCUT2D eigenvalue weighted by Gasteiger charge is -2.40. The minimum absolute atomic E-state index is 0.166. The second-order valence-corrected chi connectivity index (χ2v) is 18.1. The predicted octanol–water partition coefficient (Wildman–Crippen LogP) is 14.8. The summed E-state index contributed by atoms with van der Waals surface area (Å²) < 4.78 is 14.4. The number of aryl methyl sites for hydroxylation is 2. The molecule has 0 N–H and O–H groups in total. The average Bonchev–Trinajstić information content (AvgIpc) is 3.92.